The molecule has 0 bridgehead atoms. The number of hydrogen-bond donors (Lipinski definition) is 0. The molecular weight excluding hydrogens is 366 g/mol. The van der Waals surface area contributed by atoms with E-state index in [4.69, 9.17) is 0 Å². The molecule has 122 valence electrons. The van der Waals surface area contributed by atoms with Crippen LogP contribution in [0.25, 0.3) is 0 Å². The normalized spacial score (nSPS) is 10.6. The van der Waals surface area contributed by atoms with E-state index in [0.29, 0.717) is 12.1 Å². The van der Waals surface area contributed by atoms with Gasteiger partial charge in [0.05, 0.1) is 18.3 Å². The van der Waals surface area contributed by atoms with Gasteiger partial charge in [-0.3, -0.25) is 9.48 Å². The number of benzene rings is 2. The average Bonchev–Trinajstić information content (AvgIpc) is 3.02. The minimum absolute atomic E-state index is 0.0155. The van der Waals surface area contributed by atoms with Gasteiger partial charge in [0.1, 0.15) is 0 Å². The van der Waals surface area contributed by atoms with Crippen LogP contribution in [0.1, 0.15) is 21.5 Å². The predicted molar refractivity (Wildman–Crippen MR) is 97.7 cm³/mol. The third kappa shape index (κ3) is 3.92. The van der Waals surface area contributed by atoms with Crippen molar-refractivity contribution in [3.63, 3.8) is 0 Å². The number of hydrogen-bond acceptors (Lipinski definition) is 2. The number of rotatable bonds is 5. The minimum Gasteiger partial charge on any atom is -0.337 e. The van der Waals surface area contributed by atoms with Crippen molar-refractivity contribution in [1.29, 1.82) is 0 Å². The van der Waals surface area contributed by atoms with Crippen molar-refractivity contribution in [2.24, 2.45) is 0 Å². The lowest BCUT2D eigenvalue weighted by Gasteiger charge is -2.17. The van der Waals surface area contributed by atoms with Crippen molar-refractivity contribution in [2.75, 3.05) is 7.05 Å². The van der Waals surface area contributed by atoms with Gasteiger partial charge in [-0.1, -0.05) is 42.5 Å². The van der Waals surface area contributed by atoms with Gasteiger partial charge in [0.15, 0.2) is 0 Å². The molecule has 0 saturated heterocycles. The lowest BCUT2D eigenvalue weighted by molar-refractivity contribution is 0.0784. The first-order chi connectivity index (χ1) is 11.6. The van der Waals surface area contributed by atoms with E-state index in [1.54, 1.807) is 11.9 Å². The highest BCUT2D eigenvalue weighted by Crippen LogP contribution is 2.18. The van der Waals surface area contributed by atoms with Crippen molar-refractivity contribution < 1.29 is 4.79 Å². The van der Waals surface area contributed by atoms with Crippen LogP contribution in [-0.4, -0.2) is 27.6 Å². The van der Waals surface area contributed by atoms with Gasteiger partial charge in [-0.05, 0) is 33.6 Å². The summed E-state index contributed by atoms with van der Waals surface area (Å²) in [5.74, 6) is -0.0155. The van der Waals surface area contributed by atoms with Gasteiger partial charge in [0, 0.05) is 29.8 Å². The number of nitrogens with zero attached hydrogens (tertiary/aromatic N) is 3. The zero-order valence-electron chi connectivity index (χ0n) is 13.4. The molecule has 0 aliphatic rings. The summed E-state index contributed by atoms with van der Waals surface area (Å²) in [6.07, 6.45) is 3.80. The lowest BCUT2D eigenvalue weighted by atomic mass is 10.2. The second kappa shape index (κ2) is 7.45. The molecule has 1 aromatic heterocycles. The second-order valence-corrected chi connectivity index (χ2v) is 6.53. The molecule has 0 unspecified atom stereocenters. The van der Waals surface area contributed by atoms with Gasteiger partial charge < -0.3 is 4.90 Å². The zero-order valence-corrected chi connectivity index (χ0v) is 15.0. The molecule has 0 saturated carbocycles. The fraction of sp³-hybridized carbons (Fsp3) is 0.158. The Morgan fingerprint density at radius 2 is 1.79 bits per heavy atom. The van der Waals surface area contributed by atoms with Gasteiger partial charge in [0.2, 0.25) is 0 Å². The van der Waals surface area contributed by atoms with Crippen molar-refractivity contribution in [3.8, 4) is 0 Å². The second-order valence-electron chi connectivity index (χ2n) is 5.67. The molecule has 0 fully saturated rings. The summed E-state index contributed by atoms with van der Waals surface area (Å²) in [6, 6.07) is 17.6. The molecule has 0 N–H and O–H groups in total. The lowest BCUT2D eigenvalue weighted by Crippen LogP contribution is -2.26. The average molecular weight is 384 g/mol. The SMILES string of the molecule is CN(Cc1cnn(Cc2ccccc2)c1)C(=O)c1ccccc1Br. The number of carbonyl (C=O) groups is 1. The first-order valence-corrected chi connectivity index (χ1v) is 8.48. The van der Waals surface area contributed by atoms with Gasteiger partial charge in [-0.25, -0.2) is 0 Å². The minimum atomic E-state index is -0.0155. The van der Waals surface area contributed by atoms with Crippen LogP contribution >= 0.6 is 15.9 Å². The Labute approximate surface area is 149 Å². The van der Waals surface area contributed by atoms with Gasteiger partial charge in [-0.2, -0.15) is 5.10 Å². The standard InChI is InChI=1S/C19H18BrN3O/c1-22(19(24)17-9-5-6-10-18(17)20)12-16-11-21-23(14-16)13-15-7-3-2-4-8-15/h2-11,14H,12-13H2,1H3. The number of halogens is 1. The Hall–Kier alpha value is -2.40. The van der Waals surface area contributed by atoms with Crippen molar-refractivity contribution in [2.45, 2.75) is 13.1 Å². The largest absolute Gasteiger partial charge is 0.337 e. The van der Waals surface area contributed by atoms with Crippen molar-refractivity contribution in [3.05, 3.63) is 88.2 Å². The van der Waals surface area contributed by atoms with Crippen molar-refractivity contribution >= 4 is 21.8 Å². The Morgan fingerprint density at radius 1 is 1.08 bits per heavy atom. The molecule has 0 aliphatic carbocycles. The molecule has 0 spiro atoms. The molecule has 4 nitrogen and oxygen atoms in total. The smallest absolute Gasteiger partial charge is 0.255 e. The highest BCUT2D eigenvalue weighted by Gasteiger charge is 2.15. The quantitative estimate of drug-likeness (QED) is 0.668. The van der Waals surface area contributed by atoms with E-state index in [1.165, 1.54) is 5.56 Å². The topological polar surface area (TPSA) is 38.1 Å². The summed E-state index contributed by atoms with van der Waals surface area (Å²) in [5.41, 5.74) is 2.87. The van der Waals surface area contributed by atoms with E-state index < -0.39 is 0 Å². The molecule has 3 rings (SSSR count). The first kappa shape index (κ1) is 16.5. The van der Waals surface area contributed by atoms with E-state index in [1.807, 2.05) is 59.5 Å². The van der Waals surface area contributed by atoms with E-state index in [9.17, 15) is 4.79 Å². The Kier molecular flexibility index (Phi) is 5.11. The number of aromatic nitrogens is 2. The van der Waals surface area contributed by atoms with Crippen LogP contribution in [0, 0.1) is 0 Å². The van der Waals surface area contributed by atoms with Crippen LogP contribution in [0.3, 0.4) is 0 Å². The molecule has 2 aromatic carbocycles. The molecule has 3 aromatic rings. The summed E-state index contributed by atoms with van der Waals surface area (Å²) >= 11 is 3.43. The number of carbonyl (C=O) groups excluding carboxylic acids is 1. The summed E-state index contributed by atoms with van der Waals surface area (Å²) < 4.78 is 2.70. The van der Waals surface area contributed by atoms with Crippen LogP contribution in [0.2, 0.25) is 0 Å². The Morgan fingerprint density at radius 3 is 2.54 bits per heavy atom. The molecular formula is C19H18BrN3O. The summed E-state index contributed by atoms with van der Waals surface area (Å²) in [5, 5.41) is 4.38. The van der Waals surface area contributed by atoms with E-state index in [-0.39, 0.29) is 5.91 Å². The van der Waals surface area contributed by atoms with E-state index in [0.717, 1.165) is 16.6 Å². The Balaban J connectivity index is 1.66. The fourth-order valence-corrected chi connectivity index (χ4v) is 2.99. The molecule has 0 atom stereocenters. The maximum absolute atomic E-state index is 12.5. The monoisotopic (exact) mass is 383 g/mol. The molecule has 0 radical (unpaired) electrons. The highest BCUT2D eigenvalue weighted by atomic mass is 79.9. The highest BCUT2D eigenvalue weighted by molar-refractivity contribution is 9.10. The van der Waals surface area contributed by atoms with Crippen LogP contribution in [0.15, 0.2) is 71.5 Å². The third-order valence-corrected chi connectivity index (χ3v) is 4.44. The molecule has 1 heterocycles. The maximum Gasteiger partial charge on any atom is 0.255 e. The first-order valence-electron chi connectivity index (χ1n) is 7.69. The van der Waals surface area contributed by atoms with Gasteiger partial charge in [0.25, 0.3) is 5.91 Å². The van der Waals surface area contributed by atoms with E-state index in [2.05, 4.69) is 33.2 Å². The van der Waals surface area contributed by atoms with Gasteiger partial charge in [-0.15, -0.1) is 0 Å². The fourth-order valence-electron chi connectivity index (χ4n) is 2.53. The van der Waals surface area contributed by atoms with Gasteiger partial charge >= 0.3 is 0 Å². The predicted octanol–water partition coefficient (Wildman–Crippen LogP) is 3.97. The van der Waals surface area contributed by atoms with Crippen LogP contribution in [-0.2, 0) is 13.1 Å². The maximum atomic E-state index is 12.5. The molecule has 1 amide bonds. The number of amides is 1. The van der Waals surface area contributed by atoms with Crippen LogP contribution in [0.4, 0.5) is 0 Å². The van der Waals surface area contributed by atoms with Crippen LogP contribution in [0.5, 0.6) is 0 Å². The Bertz CT molecular complexity index is 829. The van der Waals surface area contributed by atoms with Crippen LogP contribution < -0.4 is 0 Å². The van der Waals surface area contributed by atoms with E-state index >= 15 is 0 Å². The molecule has 24 heavy (non-hydrogen) atoms. The summed E-state index contributed by atoms with van der Waals surface area (Å²) in [6.45, 7) is 1.25. The summed E-state index contributed by atoms with van der Waals surface area (Å²) in [4.78, 5) is 14.2. The summed E-state index contributed by atoms with van der Waals surface area (Å²) in [7, 11) is 1.80. The zero-order chi connectivity index (χ0) is 16.9. The third-order valence-electron chi connectivity index (χ3n) is 3.74. The molecule has 0 aliphatic heterocycles. The van der Waals surface area contributed by atoms with Crippen molar-refractivity contribution in [1.82, 2.24) is 14.7 Å². The molecule has 5 heteroatoms.